The summed E-state index contributed by atoms with van der Waals surface area (Å²) in [6.07, 6.45) is 0. The number of nitrogens with zero attached hydrogens (tertiary/aromatic N) is 5. The number of aromatic nitrogens is 2. The van der Waals surface area contributed by atoms with Gasteiger partial charge in [-0.05, 0) is 12.1 Å². The zero-order valence-corrected chi connectivity index (χ0v) is 15.0. The number of carbonyl (C=O) groups is 1. The second kappa shape index (κ2) is 6.55. The maximum Gasteiger partial charge on any atom is 0.320 e. The van der Waals surface area contributed by atoms with Crippen LogP contribution in [0.3, 0.4) is 0 Å². The van der Waals surface area contributed by atoms with Crippen LogP contribution < -0.4 is 4.90 Å². The van der Waals surface area contributed by atoms with Gasteiger partial charge in [0.25, 0.3) is 0 Å². The van der Waals surface area contributed by atoms with Gasteiger partial charge in [-0.1, -0.05) is 20.8 Å². The molecule has 3 rings (SSSR count). The van der Waals surface area contributed by atoms with Crippen molar-refractivity contribution in [2.24, 2.45) is 0 Å². The number of urea groups is 1. The van der Waals surface area contributed by atoms with E-state index in [0.717, 1.165) is 24.6 Å². The van der Waals surface area contributed by atoms with Crippen molar-refractivity contribution >= 4 is 11.8 Å². The van der Waals surface area contributed by atoms with Gasteiger partial charge in [0.15, 0.2) is 5.82 Å². The van der Waals surface area contributed by atoms with Crippen LogP contribution in [0.15, 0.2) is 12.1 Å². The fourth-order valence-corrected chi connectivity index (χ4v) is 2.92. The van der Waals surface area contributed by atoms with Gasteiger partial charge in [0, 0.05) is 38.6 Å². The smallest absolute Gasteiger partial charge is 0.320 e. The minimum absolute atomic E-state index is 0.00774. The lowest BCUT2D eigenvalue weighted by atomic mass is 9.92. The maximum atomic E-state index is 12.5. The first-order valence-corrected chi connectivity index (χ1v) is 8.55. The van der Waals surface area contributed by atoms with Gasteiger partial charge in [-0.3, -0.25) is 0 Å². The van der Waals surface area contributed by atoms with E-state index >= 15 is 0 Å². The van der Waals surface area contributed by atoms with E-state index in [1.165, 1.54) is 0 Å². The molecule has 0 radical (unpaired) electrons. The number of morpholine rings is 1. The van der Waals surface area contributed by atoms with Gasteiger partial charge in [-0.2, -0.15) is 5.10 Å². The van der Waals surface area contributed by atoms with Gasteiger partial charge in [-0.25, -0.2) is 4.79 Å². The Kier molecular flexibility index (Phi) is 4.62. The van der Waals surface area contributed by atoms with Crippen LogP contribution in [-0.4, -0.2) is 78.5 Å². The Balaban J connectivity index is 1.54. The summed E-state index contributed by atoms with van der Waals surface area (Å²) in [5.74, 6) is 0.881. The van der Waals surface area contributed by atoms with Crippen molar-refractivity contribution in [2.75, 3.05) is 51.3 Å². The molecule has 2 saturated heterocycles. The van der Waals surface area contributed by atoms with Crippen LogP contribution in [0.2, 0.25) is 0 Å². The topological polar surface area (TPSA) is 61.8 Å². The Morgan fingerprint density at radius 3 is 2.42 bits per heavy atom. The third-order valence-corrected chi connectivity index (χ3v) is 4.74. The van der Waals surface area contributed by atoms with Crippen molar-refractivity contribution in [3.05, 3.63) is 17.8 Å². The molecule has 7 nitrogen and oxygen atoms in total. The number of ether oxygens (including phenoxy) is 1. The summed E-state index contributed by atoms with van der Waals surface area (Å²) in [5, 5.41) is 8.68. The number of likely N-dealkylation sites (N-methyl/N-ethyl adjacent to an activating group) is 1. The number of hydrogen-bond donors (Lipinski definition) is 0. The Labute approximate surface area is 143 Å². The second-order valence-electron chi connectivity index (χ2n) is 7.58. The molecule has 2 aliphatic rings. The number of amides is 2. The van der Waals surface area contributed by atoms with Gasteiger partial charge in [0.05, 0.1) is 24.9 Å². The van der Waals surface area contributed by atoms with Crippen LogP contribution in [0.1, 0.15) is 26.5 Å². The van der Waals surface area contributed by atoms with Crippen LogP contribution in [0.5, 0.6) is 0 Å². The molecule has 0 bridgehead atoms. The number of hydrogen-bond acceptors (Lipinski definition) is 5. The monoisotopic (exact) mass is 333 g/mol. The van der Waals surface area contributed by atoms with Crippen molar-refractivity contribution in [2.45, 2.75) is 32.2 Å². The molecule has 0 atom stereocenters. The fraction of sp³-hybridized carbons (Fsp3) is 0.706. The highest BCUT2D eigenvalue weighted by Gasteiger charge is 2.35. The van der Waals surface area contributed by atoms with Crippen molar-refractivity contribution in [1.82, 2.24) is 20.0 Å². The summed E-state index contributed by atoms with van der Waals surface area (Å²) >= 11 is 0. The molecule has 0 saturated carbocycles. The van der Waals surface area contributed by atoms with E-state index in [9.17, 15) is 4.79 Å². The summed E-state index contributed by atoms with van der Waals surface area (Å²) in [6, 6.07) is 4.38. The highest BCUT2D eigenvalue weighted by atomic mass is 16.5. The SMILES string of the molecule is CN(C(=O)N1CCOCC1)C1CN(c2ccc(C(C)(C)C)nn2)C1. The Hall–Kier alpha value is -1.89. The fourth-order valence-electron chi connectivity index (χ4n) is 2.92. The van der Waals surface area contributed by atoms with Crippen LogP contribution in [0.25, 0.3) is 0 Å². The zero-order valence-electron chi connectivity index (χ0n) is 15.0. The number of rotatable bonds is 2. The van der Waals surface area contributed by atoms with E-state index in [-0.39, 0.29) is 17.5 Å². The van der Waals surface area contributed by atoms with E-state index in [1.807, 2.05) is 29.0 Å². The summed E-state index contributed by atoms with van der Waals surface area (Å²) < 4.78 is 5.30. The Morgan fingerprint density at radius 2 is 1.88 bits per heavy atom. The molecule has 132 valence electrons. The highest BCUT2D eigenvalue weighted by Crippen LogP contribution is 2.24. The molecular formula is C17H27N5O2. The van der Waals surface area contributed by atoms with E-state index in [1.54, 1.807) is 0 Å². The van der Waals surface area contributed by atoms with E-state index < -0.39 is 0 Å². The predicted octanol–water partition coefficient (Wildman–Crippen LogP) is 1.35. The second-order valence-corrected chi connectivity index (χ2v) is 7.58. The van der Waals surface area contributed by atoms with E-state index in [0.29, 0.717) is 26.3 Å². The summed E-state index contributed by atoms with van der Waals surface area (Å²) in [5.41, 5.74) is 0.997. The molecule has 24 heavy (non-hydrogen) atoms. The minimum Gasteiger partial charge on any atom is -0.378 e. The van der Waals surface area contributed by atoms with Gasteiger partial charge in [-0.15, -0.1) is 5.10 Å². The van der Waals surface area contributed by atoms with Crippen LogP contribution >= 0.6 is 0 Å². The minimum atomic E-state index is 0.00774. The molecule has 1 aromatic rings. The molecule has 7 heteroatoms. The molecule has 0 aliphatic carbocycles. The molecule has 2 aliphatic heterocycles. The first kappa shape index (κ1) is 17.0. The third kappa shape index (κ3) is 3.45. The first-order valence-electron chi connectivity index (χ1n) is 8.55. The average molecular weight is 333 g/mol. The van der Waals surface area contributed by atoms with Gasteiger partial charge >= 0.3 is 6.03 Å². The van der Waals surface area contributed by atoms with Gasteiger partial charge in [0.2, 0.25) is 0 Å². The zero-order chi connectivity index (χ0) is 17.3. The van der Waals surface area contributed by atoms with Crippen LogP contribution in [-0.2, 0) is 10.2 Å². The van der Waals surface area contributed by atoms with Crippen molar-refractivity contribution in [1.29, 1.82) is 0 Å². The van der Waals surface area contributed by atoms with Gasteiger partial charge < -0.3 is 19.4 Å². The van der Waals surface area contributed by atoms with E-state index in [4.69, 9.17) is 4.74 Å². The Morgan fingerprint density at radius 1 is 1.21 bits per heavy atom. The molecule has 0 N–H and O–H groups in total. The lowest BCUT2D eigenvalue weighted by Crippen LogP contribution is -2.62. The molecule has 1 aromatic heterocycles. The summed E-state index contributed by atoms with van der Waals surface area (Å²) in [6.45, 7) is 10.6. The normalized spacial score (nSPS) is 19.2. The molecule has 0 spiro atoms. The number of anilines is 1. The number of carbonyl (C=O) groups excluding carboxylic acids is 1. The summed E-state index contributed by atoms with van der Waals surface area (Å²) in [4.78, 5) is 18.4. The lowest BCUT2D eigenvalue weighted by molar-refractivity contribution is 0.0407. The molecule has 2 amide bonds. The van der Waals surface area contributed by atoms with Crippen molar-refractivity contribution in [3.63, 3.8) is 0 Å². The third-order valence-electron chi connectivity index (χ3n) is 4.74. The molecule has 3 heterocycles. The molecule has 0 aromatic carbocycles. The average Bonchev–Trinajstić information content (AvgIpc) is 2.53. The Bertz CT molecular complexity index is 572. The quantitative estimate of drug-likeness (QED) is 0.817. The lowest BCUT2D eigenvalue weighted by Gasteiger charge is -2.45. The van der Waals surface area contributed by atoms with Crippen LogP contribution in [0.4, 0.5) is 10.6 Å². The molecule has 2 fully saturated rings. The van der Waals surface area contributed by atoms with Crippen molar-refractivity contribution < 1.29 is 9.53 Å². The predicted molar refractivity (Wildman–Crippen MR) is 92.3 cm³/mol. The van der Waals surface area contributed by atoms with Crippen LogP contribution in [0, 0.1) is 0 Å². The first-order chi connectivity index (χ1) is 11.4. The molecule has 0 unspecified atom stereocenters. The standard InChI is InChI=1S/C17H27N5O2/c1-17(2,3)14-5-6-15(19-18-14)22-11-13(12-22)20(4)16(23)21-7-9-24-10-8-21/h5-6,13H,7-12H2,1-4H3. The highest BCUT2D eigenvalue weighted by molar-refractivity contribution is 5.75. The van der Waals surface area contributed by atoms with Gasteiger partial charge in [0.1, 0.15) is 0 Å². The van der Waals surface area contributed by atoms with Crippen molar-refractivity contribution in [3.8, 4) is 0 Å². The largest absolute Gasteiger partial charge is 0.378 e. The van der Waals surface area contributed by atoms with E-state index in [2.05, 4.69) is 35.9 Å². The molecular weight excluding hydrogens is 306 g/mol. The summed E-state index contributed by atoms with van der Waals surface area (Å²) in [7, 11) is 1.88. The maximum absolute atomic E-state index is 12.5.